The highest BCUT2D eigenvalue weighted by atomic mass is 35.5. The summed E-state index contributed by atoms with van der Waals surface area (Å²) in [6, 6.07) is 3.89. The van der Waals surface area contributed by atoms with Gasteiger partial charge in [0.1, 0.15) is 12.7 Å². The zero-order valence-corrected chi connectivity index (χ0v) is 14.1. The Morgan fingerprint density at radius 3 is 2.14 bits per heavy atom. The Kier molecular flexibility index (Phi) is 6.37. The maximum atomic E-state index is 5.89. The zero-order chi connectivity index (χ0) is 15.4. The number of nitrogens with two attached hydrogens (primary N) is 1. The summed E-state index contributed by atoms with van der Waals surface area (Å²) in [5, 5.41) is 0. The quantitative estimate of drug-likeness (QED) is 0.499. The monoisotopic (exact) mass is 327 g/mol. The van der Waals surface area contributed by atoms with Crippen LogP contribution in [0.3, 0.4) is 0 Å². The van der Waals surface area contributed by atoms with E-state index in [-0.39, 0.29) is 12.4 Å². The summed E-state index contributed by atoms with van der Waals surface area (Å²) in [5.41, 5.74) is 1.05. The molecule has 0 aliphatic heterocycles. The molecule has 0 saturated carbocycles. The normalized spacial score (nSPS) is 10.0. The molecule has 1 heterocycles. The Labute approximate surface area is 136 Å². The summed E-state index contributed by atoms with van der Waals surface area (Å²) >= 11 is 0. The van der Waals surface area contributed by atoms with E-state index in [9.17, 15) is 0 Å². The first-order valence-electron chi connectivity index (χ1n) is 6.78. The van der Waals surface area contributed by atoms with Crippen molar-refractivity contribution in [3.8, 4) is 17.2 Å². The van der Waals surface area contributed by atoms with Gasteiger partial charge in [-0.05, 0) is 12.1 Å². The van der Waals surface area contributed by atoms with Gasteiger partial charge in [0.15, 0.2) is 17.7 Å². The summed E-state index contributed by atoms with van der Waals surface area (Å²) in [7, 11) is 4.82. The number of nitrogen functional groups attached to an aromatic ring is 1. The Morgan fingerprint density at radius 2 is 1.68 bits per heavy atom. The maximum absolute atomic E-state index is 5.89. The molecule has 7 heteroatoms. The fourth-order valence-electron chi connectivity index (χ4n) is 2.43. The first-order chi connectivity index (χ1) is 10.1. The summed E-state index contributed by atoms with van der Waals surface area (Å²) in [5.74, 6) is 8.83. The van der Waals surface area contributed by atoms with Crippen molar-refractivity contribution >= 4 is 0 Å². The predicted molar refractivity (Wildman–Crippen MR) is 79.4 cm³/mol. The van der Waals surface area contributed by atoms with Gasteiger partial charge >= 0.3 is 0 Å². The summed E-state index contributed by atoms with van der Waals surface area (Å²) < 4.78 is 19.8. The average Bonchev–Trinajstić information content (AvgIpc) is 2.85. The Bertz CT molecular complexity index is 603. The molecule has 0 atom stereocenters. The van der Waals surface area contributed by atoms with Crippen LogP contribution in [0.25, 0.3) is 0 Å². The molecule has 2 aromatic rings. The molecular formula is C15H22ClN3O3. The second-order valence-corrected chi connectivity index (χ2v) is 4.64. The zero-order valence-electron chi connectivity index (χ0n) is 13.3. The van der Waals surface area contributed by atoms with Gasteiger partial charge in [-0.2, -0.15) is 0 Å². The summed E-state index contributed by atoms with van der Waals surface area (Å²) in [6.07, 6.45) is 4.66. The van der Waals surface area contributed by atoms with Crippen LogP contribution in [0.2, 0.25) is 0 Å². The van der Waals surface area contributed by atoms with Crippen LogP contribution in [0, 0.1) is 0 Å². The molecule has 0 unspecified atom stereocenters. The van der Waals surface area contributed by atoms with Crippen molar-refractivity contribution in [2.24, 2.45) is 0 Å². The Hall–Kier alpha value is -2.08. The molecule has 0 bridgehead atoms. The van der Waals surface area contributed by atoms with Crippen LogP contribution in [0.4, 0.5) is 0 Å². The summed E-state index contributed by atoms with van der Waals surface area (Å²) in [6.45, 7) is 2.76. The van der Waals surface area contributed by atoms with E-state index >= 15 is 0 Å². The number of imidazole rings is 1. The third-order valence-electron chi connectivity index (χ3n) is 3.43. The number of ether oxygens (including phenoxy) is 3. The number of hydrogen-bond acceptors (Lipinski definition) is 4. The van der Waals surface area contributed by atoms with E-state index in [1.807, 2.05) is 24.5 Å². The minimum Gasteiger partial charge on any atom is -1.00 e. The van der Waals surface area contributed by atoms with Gasteiger partial charge in [0, 0.05) is 12.0 Å². The third kappa shape index (κ3) is 3.39. The van der Waals surface area contributed by atoms with E-state index in [2.05, 4.69) is 11.5 Å². The van der Waals surface area contributed by atoms with E-state index in [0.717, 1.165) is 17.8 Å². The van der Waals surface area contributed by atoms with Crippen LogP contribution in [-0.2, 0) is 13.0 Å². The number of rotatable bonds is 6. The molecule has 2 N–H and O–H groups in total. The van der Waals surface area contributed by atoms with Gasteiger partial charge in [-0.25, -0.2) is 4.57 Å². The van der Waals surface area contributed by atoms with Gasteiger partial charge in [-0.1, -0.05) is 6.92 Å². The van der Waals surface area contributed by atoms with E-state index in [4.69, 9.17) is 20.1 Å². The van der Waals surface area contributed by atoms with E-state index in [0.29, 0.717) is 23.8 Å². The van der Waals surface area contributed by atoms with Crippen molar-refractivity contribution in [2.45, 2.75) is 19.9 Å². The molecule has 0 aliphatic rings. The number of nitrogens with zero attached hydrogens (tertiary/aromatic N) is 2. The third-order valence-corrected chi connectivity index (χ3v) is 3.43. The van der Waals surface area contributed by atoms with E-state index in [1.165, 1.54) is 0 Å². The number of hydrogen-bond donors (Lipinski definition) is 1. The molecule has 0 aliphatic carbocycles. The van der Waals surface area contributed by atoms with Crippen molar-refractivity contribution in [1.82, 2.24) is 4.57 Å². The largest absolute Gasteiger partial charge is 1.00 e. The number of aromatic nitrogens is 2. The maximum Gasteiger partial charge on any atom is 0.279 e. The molecule has 0 amide bonds. The second kappa shape index (κ2) is 7.79. The number of benzene rings is 1. The molecule has 0 saturated heterocycles. The van der Waals surface area contributed by atoms with Crippen molar-refractivity contribution in [3.05, 3.63) is 35.9 Å². The van der Waals surface area contributed by atoms with Crippen molar-refractivity contribution < 1.29 is 31.3 Å². The average molecular weight is 328 g/mol. The molecule has 0 fully saturated rings. The fourth-order valence-corrected chi connectivity index (χ4v) is 2.43. The highest BCUT2D eigenvalue weighted by Gasteiger charge is 2.17. The minimum atomic E-state index is 0. The second-order valence-electron chi connectivity index (χ2n) is 4.64. The first-order valence-corrected chi connectivity index (χ1v) is 6.78. The molecule has 0 spiro atoms. The topological polar surface area (TPSA) is 62.5 Å². The van der Waals surface area contributed by atoms with Crippen molar-refractivity contribution in [2.75, 3.05) is 27.2 Å². The fraction of sp³-hybridized carbons (Fsp3) is 0.400. The lowest BCUT2D eigenvalue weighted by molar-refractivity contribution is -0.646. The smallest absolute Gasteiger partial charge is 0.279 e. The lowest BCUT2D eigenvalue weighted by Gasteiger charge is -2.13. The van der Waals surface area contributed by atoms with Crippen LogP contribution < -0.4 is 37.1 Å². The molecule has 22 heavy (non-hydrogen) atoms. The molecular weight excluding hydrogens is 306 g/mol. The Morgan fingerprint density at radius 1 is 1.09 bits per heavy atom. The lowest BCUT2D eigenvalue weighted by Crippen LogP contribution is -3.00. The van der Waals surface area contributed by atoms with E-state index < -0.39 is 0 Å². The molecule has 122 valence electrons. The molecule has 1 aromatic heterocycles. The summed E-state index contributed by atoms with van der Waals surface area (Å²) in [4.78, 5) is 0. The van der Waals surface area contributed by atoms with Crippen molar-refractivity contribution in [3.63, 3.8) is 0 Å². The predicted octanol–water partition coefficient (Wildman–Crippen LogP) is -1.87. The van der Waals surface area contributed by atoms with Crippen molar-refractivity contribution in [1.29, 1.82) is 0 Å². The molecule has 6 nitrogen and oxygen atoms in total. The van der Waals surface area contributed by atoms with Gasteiger partial charge in [0.25, 0.3) is 5.82 Å². The molecule has 0 radical (unpaired) electrons. The Balaban J connectivity index is 0.00000242. The van der Waals surface area contributed by atoms with Gasteiger partial charge < -0.3 is 26.6 Å². The SMILES string of the molecule is CCc1n(Cc2cc(OC)c(OC)c(OC)c2)cc[n+]1N.[Cl-]. The van der Waals surface area contributed by atoms with Crippen LogP contribution in [-0.4, -0.2) is 25.9 Å². The molecule has 1 aromatic carbocycles. The lowest BCUT2D eigenvalue weighted by atomic mass is 10.1. The van der Waals surface area contributed by atoms with Gasteiger partial charge in [0.2, 0.25) is 5.75 Å². The standard InChI is InChI=1S/C15H22N3O3.ClH/c1-5-14-17(6-7-18(14)16)10-11-8-12(19-2)15(21-4)13(9-11)20-3;/h6-9H,5,10,16H2,1-4H3;1H/q+1;/p-1. The van der Waals surface area contributed by atoms with Crippen LogP contribution >= 0.6 is 0 Å². The van der Waals surface area contributed by atoms with Gasteiger partial charge in [0.05, 0.1) is 21.3 Å². The minimum absolute atomic E-state index is 0. The highest BCUT2D eigenvalue weighted by Crippen LogP contribution is 2.38. The van der Waals surface area contributed by atoms with Gasteiger partial charge in [-0.3, -0.25) is 5.84 Å². The van der Waals surface area contributed by atoms with Crippen LogP contribution in [0.5, 0.6) is 17.2 Å². The van der Waals surface area contributed by atoms with Crippen LogP contribution in [0.15, 0.2) is 24.5 Å². The highest BCUT2D eigenvalue weighted by molar-refractivity contribution is 5.53. The number of halogens is 1. The van der Waals surface area contributed by atoms with Crippen LogP contribution in [0.1, 0.15) is 18.3 Å². The van der Waals surface area contributed by atoms with E-state index in [1.54, 1.807) is 26.0 Å². The first kappa shape index (κ1) is 18.0. The van der Waals surface area contributed by atoms with Gasteiger partial charge in [-0.15, -0.1) is 4.68 Å². The number of methoxy groups -OCH3 is 3. The molecule has 2 rings (SSSR count).